The van der Waals surface area contributed by atoms with Gasteiger partial charge in [0.1, 0.15) is 0 Å². The number of amides is 2. The molecule has 136 valence electrons. The van der Waals surface area contributed by atoms with Crippen LogP contribution in [0.25, 0.3) is 0 Å². The van der Waals surface area contributed by atoms with Crippen LogP contribution >= 0.6 is 0 Å². The van der Waals surface area contributed by atoms with Gasteiger partial charge in [0.25, 0.3) is 0 Å². The maximum absolute atomic E-state index is 12.6. The summed E-state index contributed by atoms with van der Waals surface area (Å²) in [7, 11) is 4.25. The molecule has 3 fully saturated rings. The monoisotopic (exact) mass is 343 g/mol. The Balaban J connectivity index is 1.33. The average molecular weight is 343 g/mol. The third-order valence-corrected chi connectivity index (χ3v) is 6.18. The normalized spacial score (nSPS) is 33.1. The van der Waals surface area contributed by atoms with Gasteiger partial charge < -0.3 is 19.9 Å². The summed E-state index contributed by atoms with van der Waals surface area (Å²) in [4.78, 5) is 16.9. The van der Waals surface area contributed by atoms with Crippen molar-refractivity contribution in [3.63, 3.8) is 0 Å². The van der Waals surface area contributed by atoms with Gasteiger partial charge >= 0.3 is 6.03 Å². The molecule has 1 aromatic carbocycles. The summed E-state index contributed by atoms with van der Waals surface area (Å²) in [5.74, 6) is 1.05. The highest BCUT2D eigenvalue weighted by Crippen LogP contribution is 2.54. The summed E-state index contributed by atoms with van der Waals surface area (Å²) in [6.07, 6.45) is 3.53. The van der Waals surface area contributed by atoms with Crippen molar-refractivity contribution in [2.45, 2.75) is 31.0 Å². The van der Waals surface area contributed by atoms with Gasteiger partial charge in [-0.2, -0.15) is 0 Å². The number of benzene rings is 1. The molecule has 4 rings (SSSR count). The number of likely N-dealkylation sites (tertiary alicyclic amines) is 1. The van der Waals surface area contributed by atoms with E-state index in [0.29, 0.717) is 24.5 Å². The van der Waals surface area contributed by atoms with E-state index in [9.17, 15) is 4.79 Å². The molecule has 1 aromatic rings. The van der Waals surface area contributed by atoms with Crippen LogP contribution < -0.4 is 5.32 Å². The molecule has 3 saturated heterocycles. The third kappa shape index (κ3) is 3.15. The predicted octanol–water partition coefficient (Wildman–Crippen LogP) is 1.98. The molecule has 1 N–H and O–H groups in total. The van der Waals surface area contributed by atoms with Crippen molar-refractivity contribution in [2.24, 2.45) is 11.8 Å². The lowest BCUT2D eigenvalue weighted by atomic mass is 9.73. The molecule has 5 nitrogen and oxygen atoms in total. The van der Waals surface area contributed by atoms with Gasteiger partial charge in [-0.25, -0.2) is 4.79 Å². The molecule has 2 amide bonds. The molecule has 1 spiro atoms. The lowest BCUT2D eigenvalue weighted by Gasteiger charge is -2.30. The maximum atomic E-state index is 12.6. The Bertz CT molecular complexity index is 621. The summed E-state index contributed by atoms with van der Waals surface area (Å²) in [6.45, 7) is 3.34. The number of urea groups is 1. The summed E-state index contributed by atoms with van der Waals surface area (Å²) in [6, 6.07) is 10.4. The van der Waals surface area contributed by atoms with Crippen molar-refractivity contribution < 1.29 is 9.53 Å². The van der Waals surface area contributed by atoms with Gasteiger partial charge in [0, 0.05) is 31.5 Å². The molecule has 0 aromatic heterocycles. The second-order valence-electron chi connectivity index (χ2n) is 8.14. The molecule has 3 heterocycles. The first-order valence-corrected chi connectivity index (χ1v) is 9.47. The van der Waals surface area contributed by atoms with Crippen molar-refractivity contribution in [1.82, 2.24) is 15.1 Å². The Labute approximate surface area is 150 Å². The van der Waals surface area contributed by atoms with Crippen LogP contribution in [0.2, 0.25) is 0 Å². The highest BCUT2D eigenvalue weighted by molar-refractivity contribution is 5.74. The molecule has 3 aliphatic heterocycles. The molecule has 0 unspecified atom stereocenters. The van der Waals surface area contributed by atoms with Gasteiger partial charge in [0.05, 0.1) is 18.2 Å². The predicted molar refractivity (Wildman–Crippen MR) is 97.5 cm³/mol. The second-order valence-corrected chi connectivity index (χ2v) is 8.14. The zero-order valence-corrected chi connectivity index (χ0v) is 15.3. The minimum atomic E-state index is -0.0673. The third-order valence-electron chi connectivity index (χ3n) is 6.18. The maximum Gasteiger partial charge on any atom is 0.317 e. The minimum Gasteiger partial charge on any atom is -0.369 e. The largest absolute Gasteiger partial charge is 0.369 e. The molecule has 0 saturated carbocycles. The topological polar surface area (TPSA) is 44.8 Å². The number of carbonyl (C=O) groups excluding carboxylic acids is 1. The second kappa shape index (κ2) is 6.61. The summed E-state index contributed by atoms with van der Waals surface area (Å²) in [5.41, 5.74) is 1.19. The SMILES string of the molecule is CN(C)C[C@H]1[C@H]2CN(C(=O)NCCc3ccccc3)C[C@]23CC[C@H]1O3. The van der Waals surface area contributed by atoms with Crippen LogP contribution in [-0.4, -0.2) is 67.8 Å². The van der Waals surface area contributed by atoms with Crippen LogP contribution in [0.15, 0.2) is 30.3 Å². The number of fused-ring (bicyclic) bond motifs is 1. The van der Waals surface area contributed by atoms with Gasteiger partial charge in [-0.3, -0.25) is 0 Å². The fraction of sp³-hybridized carbons (Fsp3) is 0.650. The van der Waals surface area contributed by atoms with E-state index in [1.807, 2.05) is 23.1 Å². The van der Waals surface area contributed by atoms with Crippen molar-refractivity contribution in [1.29, 1.82) is 0 Å². The van der Waals surface area contributed by atoms with E-state index in [4.69, 9.17) is 4.74 Å². The average Bonchev–Trinajstić information content (AvgIpc) is 3.25. The van der Waals surface area contributed by atoms with Gasteiger partial charge in [0.15, 0.2) is 0 Å². The van der Waals surface area contributed by atoms with Crippen LogP contribution in [0, 0.1) is 11.8 Å². The van der Waals surface area contributed by atoms with Crippen molar-refractivity contribution >= 4 is 6.03 Å². The van der Waals surface area contributed by atoms with Crippen molar-refractivity contribution in [2.75, 3.05) is 40.3 Å². The van der Waals surface area contributed by atoms with Gasteiger partial charge in [-0.1, -0.05) is 30.3 Å². The van der Waals surface area contributed by atoms with Gasteiger partial charge in [-0.05, 0) is 38.9 Å². The highest BCUT2D eigenvalue weighted by atomic mass is 16.5. The van der Waals surface area contributed by atoms with Crippen LogP contribution in [-0.2, 0) is 11.2 Å². The lowest BCUT2D eigenvalue weighted by molar-refractivity contribution is 0.00493. The molecule has 2 bridgehead atoms. The number of hydrogen-bond donors (Lipinski definition) is 1. The molecular formula is C20H29N3O2. The van der Waals surface area contributed by atoms with Gasteiger partial charge in [0.2, 0.25) is 0 Å². The Morgan fingerprint density at radius 2 is 2.16 bits per heavy atom. The molecule has 3 aliphatic rings. The number of rotatable bonds is 5. The number of ether oxygens (including phenoxy) is 1. The Morgan fingerprint density at radius 1 is 1.36 bits per heavy atom. The molecule has 0 aliphatic carbocycles. The highest BCUT2D eigenvalue weighted by Gasteiger charge is 2.63. The van der Waals surface area contributed by atoms with Crippen molar-refractivity contribution in [3.8, 4) is 0 Å². The molecule has 4 atom stereocenters. The number of nitrogens with zero attached hydrogens (tertiary/aromatic N) is 2. The minimum absolute atomic E-state index is 0.0651. The summed E-state index contributed by atoms with van der Waals surface area (Å²) >= 11 is 0. The quantitative estimate of drug-likeness (QED) is 0.889. The first-order chi connectivity index (χ1) is 12.1. The lowest BCUT2D eigenvalue weighted by Crippen LogP contribution is -2.42. The standard InChI is InChI=1S/C20H29N3O2/c1-22(2)12-16-17-13-23(14-20(17)10-8-18(16)25-20)19(24)21-11-9-15-6-4-3-5-7-15/h3-7,16-18H,8-14H2,1-2H3,(H,21,24)/t16-,17+,18+,20+/m0/s1. The number of nitrogens with one attached hydrogen (secondary N) is 1. The van der Waals surface area contributed by atoms with E-state index in [1.54, 1.807) is 0 Å². The fourth-order valence-corrected chi connectivity index (χ4v) is 5.08. The smallest absolute Gasteiger partial charge is 0.317 e. The van der Waals surface area contributed by atoms with Crippen LogP contribution in [0.1, 0.15) is 18.4 Å². The molecule has 0 radical (unpaired) electrons. The molecule has 5 heteroatoms. The first kappa shape index (κ1) is 16.9. The number of carbonyl (C=O) groups is 1. The van der Waals surface area contributed by atoms with Gasteiger partial charge in [-0.15, -0.1) is 0 Å². The van der Waals surface area contributed by atoms with Crippen LogP contribution in [0.5, 0.6) is 0 Å². The molecular weight excluding hydrogens is 314 g/mol. The van der Waals surface area contributed by atoms with E-state index in [1.165, 1.54) is 5.56 Å². The Kier molecular flexibility index (Phi) is 4.46. The molecule has 25 heavy (non-hydrogen) atoms. The summed E-state index contributed by atoms with van der Waals surface area (Å²) < 4.78 is 6.40. The summed E-state index contributed by atoms with van der Waals surface area (Å²) in [5, 5.41) is 3.09. The van der Waals surface area contributed by atoms with E-state index in [0.717, 1.165) is 38.9 Å². The first-order valence-electron chi connectivity index (χ1n) is 9.47. The fourth-order valence-electron chi connectivity index (χ4n) is 5.08. The van der Waals surface area contributed by atoms with E-state index < -0.39 is 0 Å². The van der Waals surface area contributed by atoms with E-state index in [2.05, 4.69) is 36.4 Å². The zero-order chi connectivity index (χ0) is 17.4. The Morgan fingerprint density at radius 3 is 2.92 bits per heavy atom. The van der Waals surface area contributed by atoms with Crippen molar-refractivity contribution in [3.05, 3.63) is 35.9 Å². The Hall–Kier alpha value is -1.59. The van der Waals surface area contributed by atoms with E-state index in [-0.39, 0.29) is 11.6 Å². The van der Waals surface area contributed by atoms with Crippen LogP contribution in [0.3, 0.4) is 0 Å². The number of hydrogen-bond acceptors (Lipinski definition) is 3. The zero-order valence-electron chi connectivity index (χ0n) is 15.3. The van der Waals surface area contributed by atoms with Crippen LogP contribution in [0.4, 0.5) is 4.79 Å². The van der Waals surface area contributed by atoms with E-state index >= 15 is 0 Å².